The zero-order valence-corrected chi connectivity index (χ0v) is 9.50. The molecule has 1 N–H and O–H groups in total. The molecule has 0 aliphatic heterocycles. The molecule has 0 spiro atoms. The topological polar surface area (TPSA) is 38.3 Å². The minimum Gasteiger partial charge on any atom is -0.441 e. The summed E-state index contributed by atoms with van der Waals surface area (Å²) in [6.45, 7) is 0. The zero-order valence-electron chi connectivity index (χ0n) is 9.50. The first-order valence-corrected chi connectivity index (χ1v) is 6.04. The summed E-state index contributed by atoms with van der Waals surface area (Å²) < 4.78 is 5.41. The van der Waals surface area contributed by atoms with E-state index in [1.165, 1.54) is 12.8 Å². The SMILES string of the molecule is O=C(Nc1ccccc1)O[C@@H]1C=C[C@@H]2CC[C@@H]21. The molecule has 2 aliphatic rings. The number of para-hydroxylation sites is 1. The maximum Gasteiger partial charge on any atom is 0.412 e. The van der Waals surface area contributed by atoms with E-state index < -0.39 is 0 Å². The Morgan fingerprint density at radius 1 is 1.18 bits per heavy atom. The highest BCUT2D eigenvalue weighted by Crippen LogP contribution is 2.43. The number of carbonyl (C=O) groups is 1. The van der Waals surface area contributed by atoms with Crippen LogP contribution in [-0.4, -0.2) is 12.2 Å². The van der Waals surface area contributed by atoms with Crippen LogP contribution in [0.1, 0.15) is 12.8 Å². The predicted octanol–water partition coefficient (Wildman–Crippen LogP) is 3.20. The van der Waals surface area contributed by atoms with Gasteiger partial charge in [0.2, 0.25) is 0 Å². The number of hydrogen-bond acceptors (Lipinski definition) is 2. The van der Waals surface area contributed by atoms with Gasteiger partial charge in [0.15, 0.2) is 0 Å². The van der Waals surface area contributed by atoms with Crippen LogP contribution in [0.15, 0.2) is 42.5 Å². The minimum absolute atomic E-state index is 0.0301. The highest BCUT2D eigenvalue weighted by Gasteiger charge is 2.40. The molecule has 0 unspecified atom stereocenters. The first-order chi connectivity index (χ1) is 8.33. The molecule has 3 rings (SSSR count). The third-order valence-corrected chi connectivity index (χ3v) is 3.62. The Hall–Kier alpha value is -1.77. The number of anilines is 1. The van der Waals surface area contributed by atoms with E-state index in [4.69, 9.17) is 4.74 Å². The van der Waals surface area contributed by atoms with E-state index in [0.29, 0.717) is 11.8 Å². The van der Waals surface area contributed by atoms with Gasteiger partial charge >= 0.3 is 6.09 Å². The van der Waals surface area contributed by atoms with E-state index in [9.17, 15) is 4.79 Å². The van der Waals surface area contributed by atoms with Crippen LogP contribution in [0.25, 0.3) is 0 Å². The molecule has 3 heteroatoms. The summed E-state index contributed by atoms with van der Waals surface area (Å²) in [4.78, 5) is 11.7. The van der Waals surface area contributed by atoms with Crippen LogP contribution < -0.4 is 5.32 Å². The summed E-state index contributed by atoms with van der Waals surface area (Å²) in [6, 6.07) is 9.37. The Balaban J connectivity index is 1.56. The molecule has 3 atom stereocenters. The fourth-order valence-electron chi connectivity index (χ4n) is 2.51. The quantitative estimate of drug-likeness (QED) is 0.791. The second-order valence-electron chi connectivity index (χ2n) is 4.65. The van der Waals surface area contributed by atoms with Gasteiger partial charge in [0, 0.05) is 11.6 Å². The lowest BCUT2D eigenvalue weighted by Gasteiger charge is -2.33. The van der Waals surface area contributed by atoms with Crippen molar-refractivity contribution in [1.82, 2.24) is 0 Å². The van der Waals surface area contributed by atoms with Crippen molar-refractivity contribution < 1.29 is 9.53 Å². The molecule has 17 heavy (non-hydrogen) atoms. The first-order valence-electron chi connectivity index (χ1n) is 6.04. The van der Waals surface area contributed by atoms with E-state index >= 15 is 0 Å². The molecule has 2 aliphatic carbocycles. The number of benzene rings is 1. The van der Waals surface area contributed by atoms with Crippen LogP contribution in [-0.2, 0) is 4.74 Å². The number of hydrogen-bond donors (Lipinski definition) is 1. The molecule has 0 bridgehead atoms. The number of carbonyl (C=O) groups excluding carboxylic acids is 1. The third kappa shape index (κ3) is 2.05. The predicted molar refractivity (Wildman–Crippen MR) is 65.7 cm³/mol. The lowest BCUT2D eigenvalue weighted by molar-refractivity contribution is 0.0603. The van der Waals surface area contributed by atoms with Crippen molar-refractivity contribution >= 4 is 11.8 Å². The average Bonchev–Trinajstić information content (AvgIpc) is 2.54. The van der Waals surface area contributed by atoms with Crippen molar-refractivity contribution in [3.63, 3.8) is 0 Å². The highest BCUT2D eigenvalue weighted by molar-refractivity contribution is 5.84. The van der Waals surface area contributed by atoms with Crippen LogP contribution in [0.4, 0.5) is 10.5 Å². The van der Waals surface area contributed by atoms with Crippen molar-refractivity contribution in [3.05, 3.63) is 42.5 Å². The van der Waals surface area contributed by atoms with Crippen molar-refractivity contribution in [3.8, 4) is 0 Å². The minimum atomic E-state index is -0.363. The van der Waals surface area contributed by atoms with E-state index in [1.807, 2.05) is 36.4 Å². The molecular formula is C14H15NO2. The van der Waals surface area contributed by atoms with Gasteiger partial charge in [0.25, 0.3) is 0 Å². The number of rotatable bonds is 2. The van der Waals surface area contributed by atoms with Crippen molar-refractivity contribution in [2.45, 2.75) is 18.9 Å². The van der Waals surface area contributed by atoms with Gasteiger partial charge in [-0.25, -0.2) is 4.79 Å². The Kier molecular flexibility index (Phi) is 2.59. The summed E-state index contributed by atoms with van der Waals surface area (Å²) in [7, 11) is 0. The van der Waals surface area contributed by atoms with Gasteiger partial charge in [-0.1, -0.05) is 24.3 Å². The third-order valence-electron chi connectivity index (χ3n) is 3.62. The Bertz CT molecular complexity index is 441. The van der Waals surface area contributed by atoms with E-state index in [0.717, 1.165) is 5.69 Å². The Morgan fingerprint density at radius 2 is 2.00 bits per heavy atom. The smallest absolute Gasteiger partial charge is 0.412 e. The number of nitrogens with one attached hydrogen (secondary N) is 1. The highest BCUT2D eigenvalue weighted by atomic mass is 16.6. The van der Waals surface area contributed by atoms with Gasteiger partial charge in [-0.2, -0.15) is 0 Å². The van der Waals surface area contributed by atoms with Gasteiger partial charge in [-0.3, -0.25) is 5.32 Å². The van der Waals surface area contributed by atoms with Crippen molar-refractivity contribution in [2.24, 2.45) is 11.8 Å². The largest absolute Gasteiger partial charge is 0.441 e. The summed E-state index contributed by atoms with van der Waals surface area (Å²) >= 11 is 0. The van der Waals surface area contributed by atoms with Crippen LogP contribution in [0.2, 0.25) is 0 Å². The van der Waals surface area contributed by atoms with Crippen LogP contribution in [0.3, 0.4) is 0 Å². The molecule has 1 saturated carbocycles. The van der Waals surface area contributed by atoms with E-state index in [1.54, 1.807) is 0 Å². The number of fused-ring (bicyclic) bond motifs is 1. The lowest BCUT2D eigenvalue weighted by Crippen LogP contribution is -2.33. The van der Waals surface area contributed by atoms with Gasteiger partial charge in [-0.05, 0) is 37.0 Å². The normalized spacial score (nSPS) is 29.3. The van der Waals surface area contributed by atoms with E-state index in [-0.39, 0.29) is 12.2 Å². The average molecular weight is 229 g/mol. The van der Waals surface area contributed by atoms with Crippen molar-refractivity contribution in [1.29, 1.82) is 0 Å². The summed E-state index contributed by atoms with van der Waals surface area (Å²) in [5.74, 6) is 1.17. The Labute approximate surface area is 100 Å². The second-order valence-corrected chi connectivity index (χ2v) is 4.65. The van der Waals surface area contributed by atoms with Crippen LogP contribution in [0, 0.1) is 11.8 Å². The first kappa shape index (κ1) is 10.4. The molecule has 1 amide bonds. The Morgan fingerprint density at radius 3 is 2.65 bits per heavy atom. The molecule has 1 fully saturated rings. The van der Waals surface area contributed by atoms with Crippen molar-refractivity contribution in [2.75, 3.05) is 5.32 Å². The number of allylic oxidation sites excluding steroid dienone is 1. The van der Waals surface area contributed by atoms with Gasteiger partial charge in [0.1, 0.15) is 6.10 Å². The van der Waals surface area contributed by atoms with E-state index in [2.05, 4.69) is 11.4 Å². The molecule has 0 radical (unpaired) electrons. The zero-order chi connectivity index (χ0) is 11.7. The van der Waals surface area contributed by atoms with Crippen LogP contribution >= 0.6 is 0 Å². The maximum atomic E-state index is 11.7. The molecule has 1 aromatic rings. The molecule has 0 aromatic heterocycles. The number of ether oxygens (including phenoxy) is 1. The molecule has 0 heterocycles. The van der Waals surface area contributed by atoms with Gasteiger partial charge in [-0.15, -0.1) is 0 Å². The number of amides is 1. The molecule has 0 saturated heterocycles. The summed E-state index contributed by atoms with van der Waals surface area (Å²) in [5.41, 5.74) is 0.768. The maximum absolute atomic E-state index is 11.7. The fraction of sp³-hybridized carbons (Fsp3) is 0.357. The molecule has 1 aromatic carbocycles. The fourth-order valence-corrected chi connectivity index (χ4v) is 2.51. The molecule has 3 nitrogen and oxygen atoms in total. The van der Waals surface area contributed by atoms with Crippen LogP contribution in [0.5, 0.6) is 0 Å². The lowest BCUT2D eigenvalue weighted by atomic mass is 9.75. The molecule has 88 valence electrons. The van der Waals surface area contributed by atoms with Gasteiger partial charge < -0.3 is 4.74 Å². The molecular weight excluding hydrogens is 214 g/mol. The second kappa shape index (κ2) is 4.24. The monoisotopic (exact) mass is 229 g/mol. The summed E-state index contributed by atoms with van der Waals surface area (Å²) in [5, 5.41) is 2.73. The van der Waals surface area contributed by atoms with Gasteiger partial charge in [0.05, 0.1) is 0 Å². The standard InChI is InChI=1S/C14H15NO2/c16-14(15-11-4-2-1-3-5-11)17-13-9-7-10-6-8-12(10)13/h1-5,7,9-10,12-13H,6,8H2,(H,15,16)/t10-,12-,13+/m0/s1. The summed E-state index contributed by atoms with van der Waals surface area (Å²) in [6.07, 6.45) is 6.21.